The Balaban J connectivity index is 2.06. The minimum absolute atomic E-state index is 0.0482. The smallest absolute Gasteiger partial charge is 0.261 e. The molecule has 4 heteroatoms. The second kappa shape index (κ2) is 9.11. The molecule has 0 aliphatic heterocycles. The quantitative estimate of drug-likeness (QED) is 0.773. The van der Waals surface area contributed by atoms with Gasteiger partial charge in [0.2, 0.25) is 0 Å². The highest BCUT2D eigenvalue weighted by Crippen LogP contribution is 2.22. The molecular weight excluding hydrogens is 314 g/mol. The van der Waals surface area contributed by atoms with Crippen molar-refractivity contribution in [3.05, 3.63) is 59.7 Å². The number of ether oxygens (including phenoxy) is 2. The molecule has 0 radical (unpaired) electrons. The molecule has 134 valence electrons. The maximum absolute atomic E-state index is 12.7. The zero-order valence-corrected chi connectivity index (χ0v) is 15.4. The van der Waals surface area contributed by atoms with E-state index in [0.717, 1.165) is 29.0 Å². The summed E-state index contributed by atoms with van der Waals surface area (Å²) in [5.41, 5.74) is 2.08. The van der Waals surface area contributed by atoms with Gasteiger partial charge in [-0.05, 0) is 49.1 Å². The fourth-order valence-electron chi connectivity index (χ4n) is 2.69. The first-order chi connectivity index (χ1) is 12.1. The summed E-state index contributed by atoms with van der Waals surface area (Å²) in [7, 11) is 1.64. The maximum atomic E-state index is 12.7. The lowest BCUT2D eigenvalue weighted by Gasteiger charge is -2.23. The predicted molar refractivity (Wildman–Crippen MR) is 100 cm³/mol. The fourth-order valence-corrected chi connectivity index (χ4v) is 2.69. The number of aryl methyl sites for hydroxylation is 1. The van der Waals surface area contributed by atoms with Crippen molar-refractivity contribution in [2.24, 2.45) is 0 Å². The number of hydrogen-bond acceptors (Lipinski definition) is 3. The van der Waals surface area contributed by atoms with E-state index in [1.54, 1.807) is 7.11 Å². The van der Waals surface area contributed by atoms with Crippen molar-refractivity contribution >= 4 is 5.91 Å². The maximum Gasteiger partial charge on any atom is 0.261 e. The second-order valence-corrected chi connectivity index (χ2v) is 6.02. The molecule has 0 aliphatic rings. The van der Waals surface area contributed by atoms with Gasteiger partial charge in [0, 0.05) is 0 Å². The predicted octanol–water partition coefficient (Wildman–Crippen LogP) is 4.43. The Labute approximate surface area is 150 Å². The molecule has 1 amide bonds. The number of benzene rings is 2. The van der Waals surface area contributed by atoms with Gasteiger partial charge in [0.25, 0.3) is 5.91 Å². The normalized spacial score (nSPS) is 13.0. The van der Waals surface area contributed by atoms with Gasteiger partial charge < -0.3 is 14.8 Å². The molecule has 0 unspecified atom stereocenters. The minimum Gasteiger partial charge on any atom is -0.497 e. The molecule has 0 heterocycles. The largest absolute Gasteiger partial charge is 0.497 e. The number of rotatable bonds is 8. The fraction of sp³-hybridized carbons (Fsp3) is 0.381. The summed E-state index contributed by atoms with van der Waals surface area (Å²) in [5, 5.41) is 3.11. The summed E-state index contributed by atoms with van der Waals surface area (Å²) in [6.45, 7) is 5.99. The van der Waals surface area contributed by atoms with Crippen molar-refractivity contribution in [1.82, 2.24) is 5.32 Å². The molecule has 0 fully saturated rings. The number of carbonyl (C=O) groups excluding carboxylic acids is 1. The van der Waals surface area contributed by atoms with Crippen LogP contribution in [0.2, 0.25) is 0 Å². The van der Waals surface area contributed by atoms with E-state index < -0.39 is 6.10 Å². The Morgan fingerprint density at radius 2 is 1.72 bits per heavy atom. The molecular formula is C21H27NO3. The summed E-state index contributed by atoms with van der Waals surface area (Å²) in [5.74, 6) is 1.47. The molecule has 0 saturated carbocycles. The van der Waals surface area contributed by atoms with Crippen LogP contribution in [-0.2, 0) is 4.79 Å². The van der Waals surface area contributed by atoms with Crippen LogP contribution in [0.1, 0.15) is 43.9 Å². The molecule has 2 aromatic rings. The zero-order chi connectivity index (χ0) is 18.2. The summed E-state index contributed by atoms with van der Waals surface area (Å²) < 4.78 is 11.1. The molecule has 0 aliphatic carbocycles. The Bertz CT molecular complexity index is 682. The van der Waals surface area contributed by atoms with E-state index >= 15 is 0 Å². The van der Waals surface area contributed by atoms with Crippen LogP contribution >= 0.6 is 0 Å². The molecule has 2 rings (SSSR count). The molecule has 0 bridgehead atoms. The van der Waals surface area contributed by atoms with Crippen molar-refractivity contribution in [3.8, 4) is 11.5 Å². The third-order valence-corrected chi connectivity index (χ3v) is 4.27. The lowest BCUT2D eigenvalue weighted by atomic mass is 10.0. The first-order valence-electron chi connectivity index (χ1n) is 8.75. The summed E-state index contributed by atoms with van der Waals surface area (Å²) in [6, 6.07) is 15.5. The van der Waals surface area contributed by atoms with Crippen LogP contribution in [-0.4, -0.2) is 19.1 Å². The average Bonchev–Trinajstić information content (AvgIpc) is 2.65. The zero-order valence-electron chi connectivity index (χ0n) is 15.4. The van der Waals surface area contributed by atoms with Crippen LogP contribution in [0.15, 0.2) is 48.5 Å². The SMILES string of the molecule is CC[C@H](Oc1ccccc1C)C(=O)N[C@@H](CC)c1ccc(OC)cc1. The molecule has 0 saturated heterocycles. The Hall–Kier alpha value is -2.49. The van der Waals surface area contributed by atoms with E-state index in [9.17, 15) is 4.79 Å². The van der Waals surface area contributed by atoms with Gasteiger partial charge in [0.05, 0.1) is 13.2 Å². The van der Waals surface area contributed by atoms with Crippen LogP contribution in [0, 0.1) is 6.92 Å². The van der Waals surface area contributed by atoms with Crippen LogP contribution in [0.4, 0.5) is 0 Å². The topological polar surface area (TPSA) is 47.6 Å². The van der Waals surface area contributed by atoms with Gasteiger partial charge >= 0.3 is 0 Å². The Kier molecular flexibility index (Phi) is 6.87. The van der Waals surface area contributed by atoms with E-state index in [4.69, 9.17) is 9.47 Å². The van der Waals surface area contributed by atoms with E-state index in [1.807, 2.05) is 62.4 Å². The van der Waals surface area contributed by atoms with Gasteiger partial charge in [0.15, 0.2) is 6.10 Å². The Morgan fingerprint density at radius 1 is 1.04 bits per heavy atom. The molecule has 25 heavy (non-hydrogen) atoms. The van der Waals surface area contributed by atoms with Gasteiger partial charge in [-0.2, -0.15) is 0 Å². The minimum atomic E-state index is -0.506. The molecule has 0 spiro atoms. The molecule has 2 aromatic carbocycles. The number of para-hydroxylation sites is 1. The summed E-state index contributed by atoms with van der Waals surface area (Å²) in [4.78, 5) is 12.7. The average molecular weight is 341 g/mol. The first kappa shape index (κ1) is 18.8. The van der Waals surface area contributed by atoms with Gasteiger partial charge in [-0.25, -0.2) is 0 Å². The van der Waals surface area contributed by atoms with Gasteiger partial charge in [0.1, 0.15) is 11.5 Å². The second-order valence-electron chi connectivity index (χ2n) is 6.02. The van der Waals surface area contributed by atoms with Crippen molar-refractivity contribution in [2.75, 3.05) is 7.11 Å². The van der Waals surface area contributed by atoms with Crippen molar-refractivity contribution in [2.45, 2.75) is 45.8 Å². The first-order valence-corrected chi connectivity index (χ1v) is 8.75. The van der Waals surface area contributed by atoms with Crippen molar-refractivity contribution in [3.63, 3.8) is 0 Å². The van der Waals surface area contributed by atoms with Crippen LogP contribution < -0.4 is 14.8 Å². The lowest BCUT2D eigenvalue weighted by Crippen LogP contribution is -2.40. The molecule has 1 N–H and O–H groups in total. The van der Waals surface area contributed by atoms with E-state index in [-0.39, 0.29) is 11.9 Å². The number of hydrogen-bond donors (Lipinski definition) is 1. The van der Waals surface area contributed by atoms with Crippen LogP contribution in [0.5, 0.6) is 11.5 Å². The van der Waals surface area contributed by atoms with Crippen molar-refractivity contribution < 1.29 is 14.3 Å². The highest BCUT2D eigenvalue weighted by Gasteiger charge is 2.22. The summed E-state index contributed by atoms with van der Waals surface area (Å²) in [6.07, 6.45) is 0.909. The third-order valence-electron chi connectivity index (χ3n) is 4.27. The standard InChI is InChI=1S/C21H27NO3/c1-5-18(16-11-13-17(24-4)14-12-16)22-21(23)19(6-2)25-20-10-8-7-9-15(20)3/h7-14,18-19H,5-6H2,1-4H3,(H,22,23)/t18-,19-/m0/s1. The van der Waals surface area contributed by atoms with E-state index in [2.05, 4.69) is 12.2 Å². The molecule has 4 nitrogen and oxygen atoms in total. The molecule has 0 aromatic heterocycles. The van der Waals surface area contributed by atoms with Gasteiger partial charge in [-0.15, -0.1) is 0 Å². The number of methoxy groups -OCH3 is 1. The number of amides is 1. The third kappa shape index (κ3) is 4.99. The van der Waals surface area contributed by atoms with E-state index in [0.29, 0.717) is 6.42 Å². The van der Waals surface area contributed by atoms with E-state index in [1.165, 1.54) is 0 Å². The molecule has 2 atom stereocenters. The van der Waals surface area contributed by atoms with Crippen LogP contribution in [0.3, 0.4) is 0 Å². The lowest BCUT2D eigenvalue weighted by molar-refractivity contribution is -0.129. The van der Waals surface area contributed by atoms with Gasteiger partial charge in [-0.3, -0.25) is 4.79 Å². The summed E-state index contributed by atoms with van der Waals surface area (Å²) >= 11 is 0. The highest BCUT2D eigenvalue weighted by molar-refractivity contribution is 5.81. The number of nitrogens with one attached hydrogen (secondary N) is 1. The monoisotopic (exact) mass is 341 g/mol. The highest BCUT2D eigenvalue weighted by atomic mass is 16.5. The Morgan fingerprint density at radius 3 is 2.28 bits per heavy atom. The van der Waals surface area contributed by atoms with Crippen molar-refractivity contribution in [1.29, 1.82) is 0 Å². The number of carbonyl (C=O) groups is 1. The van der Waals surface area contributed by atoms with Crippen LogP contribution in [0.25, 0.3) is 0 Å². The van der Waals surface area contributed by atoms with Gasteiger partial charge in [-0.1, -0.05) is 44.2 Å².